The van der Waals surface area contributed by atoms with Gasteiger partial charge in [0.05, 0.1) is 13.2 Å². The monoisotopic (exact) mass is 290 g/mol. The summed E-state index contributed by atoms with van der Waals surface area (Å²) in [6.07, 6.45) is 2.62. The van der Waals surface area contributed by atoms with Crippen LogP contribution in [-0.2, 0) is 14.3 Å². The van der Waals surface area contributed by atoms with Crippen molar-refractivity contribution in [2.45, 2.75) is 6.04 Å². The first-order chi connectivity index (χ1) is 10.1. The smallest absolute Gasteiger partial charge is 0.328 e. The second kappa shape index (κ2) is 6.90. The van der Waals surface area contributed by atoms with Gasteiger partial charge in [-0.1, -0.05) is 12.1 Å². The number of likely N-dealkylation sites (N-methyl/N-ethyl adjacent to an activating group) is 1. The maximum absolute atomic E-state index is 11.9. The summed E-state index contributed by atoms with van der Waals surface area (Å²) in [5.74, 6) is -1.06. The second-order valence-electron chi connectivity index (χ2n) is 4.66. The van der Waals surface area contributed by atoms with Gasteiger partial charge in [-0.05, 0) is 23.8 Å². The number of nitrogens with zero attached hydrogens (tertiary/aromatic N) is 1. The van der Waals surface area contributed by atoms with Gasteiger partial charge in [-0.15, -0.1) is 0 Å². The average Bonchev–Trinajstić information content (AvgIpc) is 2.52. The van der Waals surface area contributed by atoms with Gasteiger partial charge in [-0.3, -0.25) is 4.79 Å². The molecule has 1 aliphatic heterocycles. The molecule has 1 amide bonds. The van der Waals surface area contributed by atoms with Crippen molar-refractivity contribution in [1.82, 2.24) is 5.32 Å². The van der Waals surface area contributed by atoms with Gasteiger partial charge in [0.15, 0.2) is 0 Å². The van der Waals surface area contributed by atoms with Crippen molar-refractivity contribution in [3.63, 3.8) is 0 Å². The van der Waals surface area contributed by atoms with Crippen molar-refractivity contribution in [2.24, 2.45) is 0 Å². The fraction of sp³-hybridized carbons (Fsp3) is 0.333. The summed E-state index contributed by atoms with van der Waals surface area (Å²) in [6, 6.07) is 7.06. The highest BCUT2D eigenvalue weighted by atomic mass is 16.5. The van der Waals surface area contributed by atoms with Gasteiger partial charge in [0, 0.05) is 25.4 Å². The van der Waals surface area contributed by atoms with Gasteiger partial charge in [-0.25, -0.2) is 4.79 Å². The normalized spacial score (nSPS) is 18.7. The van der Waals surface area contributed by atoms with Crippen LogP contribution < -0.4 is 10.2 Å². The third-order valence-electron chi connectivity index (χ3n) is 3.32. The topological polar surface area (TPSA) is 78.9 Å². The lowest BCUT2D eigenvalue weighted by Gasteiger charge is -2.36. The van der Waals surface area contributed by atoms with E-state index in [1.807, 2.05) is 29.2 Å². The standard InChI is InChI=1S/C15H18N2O4/c1-16-15(20)13-10-21-9-8-17(13)12-5-2-11(3-6-12)4-7-14(18)19/h2-7,13H,8-10H2,1H3,(H,16,20)(H,18,19)/b7-4+. The van der Waals surface area contributed by atoms with Gasteiger partial charge < -0.3 is 20.1 Å². The minimum Gasteiger partial charge on any atom is -0.478 e. The van der Waals surface area contributed by atoms with Crippen LogP contribution in [0.4, 0.5) is 5.69 Å². The van der Waals surface area contributed by atoms with Crippen molar-refractivity contribution >= 4 is 23.6 Å². The Bertz CT molecular complexity index is 539. The maximum Gasteiger partial charge on any atom is 0.328 e. The number of anilines is 1. The third-order valence-corrected chi connectivity index (χ3v) is 3.32. The largest absolute Gasteiger partial charge is 0.478 e. The van der Waals surface area contributed by atoms with E-state index in [-0.39, 0.29) is 11.9 Å². The lowest BCUT2D eigenvalue weighted by atomic mass is 10.1. The molecule has 1 saturated heterocycles. The van der Waals surface area contributed by atoms with Gasteiger partial charge in [0.25, 0.3) is 0 Å². The highest BCUT2D eigenvalue weighted by Gasteiger charge is 2.28. The molecule has 0 bridgehead atoms. The maximum atomic E-state index is 11.9. The van der Waals surface area contributed by atoms with Gasteiger partial charge in [0.2, 0.25) is 5.91 Å². The quantitative estimate of drug-likeness (QED) is 0.799. The molecule has 2 rings (SSSR count). The molecule has 0 spiro atoms. The van der Waals surface area contributed by atoms with E-state index in [0.29, 0.717) is 19.8 Å². The summed E-state index contributed by atoms with van der Waals surface area (Å²) >= 11 is 0. The number of carbonyl (C=O) groups is 2. The minimum absolute atomic E-state index is 0.0791. The molecule has 6 nitrogen and oxygen atoms in total. The van der Waals surface area contributed by atoms with Crippen LogP contribution in [0, 0.1) is 0 Å². The Balaban J connectivity index is 2.16. The first-order valence-corrected chi connectivity index (χ1v) is 6.69. The van der Waals surface area contributed by atoms with Gasteiger partial charge >= 0.3 is 5.97 Å². The second-order valence-corrected chi connectivity index (χ2v) is 4.66. The van der Waals surface area contributed by atoms with Crippen LogP contribution >= 0.6 is 0 Å². The van der Waals surface area contributed by atoms with E-state index >= 15 is 0 Å². The Hall–Kier alpha value is -2.34. The molecule has 1 unspecified atom stereocenters. The number of hydrogen-bond donors (Lipinski definition) is 2. The molecule has 0 aliphatic carbocycles. The summed E-state index contributed by atoms with van der Waals surface area (Å²) in [5, 5.41) is 11.2. The first-order valence-electron chi connectivity index (χ1n) is 6.69. The highest BCUT2D eigenvalue weighted by molar-refractivity contribution is 5.86. The predicted molar refractivity (Wildman–Crippen MR) is 79.1 cm³/mol. The molecule has 1 fully saturated rings. The van der Waals surface area contributed by atoms with Crippen LogP contribution in [0.25, 0.3) is 6.08 Å². The molecule has 0 saturated carbocycles. The Morgan fingerprint density at radius 1 is 1.38 bits per heavy atom. The van der Waals surface area contributed by atoms with Crippen molar-refractivity contribution in [2.75, 3.05) is 31.7 Å². The lowest BCUT2D eigenvalue weighted by Crippen LogP contribution is -2.53. The third kappa shape index (κ3) is 3.82. The molecular formula is C15H18N2O4. The van der Waals surface area contributed by atoms with E-state index in [2.05, 4.69) is 5.32 Å². The summed E-state index contributed by atoms with van der Waals surface area (Å²) in [7, 11) is 1.61. The van der Waals surface area contributed by atoms with E-state index in [1.165, 1.54) is 6.08 Å². The van der Waals surface area contributed by atoms with Crippen molar-refractivity contribution in [3.8, 4) is 0 Å². The lowest BCUT2D eigenvalue weighted by molar-refractivity contribution is -0.131. The molecule has 0 aromatic heterocycles. The minimum atomic E-state index is -0.980. The molecule has 2 N–H and O–H groups in total. The Kier molecular flexibility index (Phi) is 4.94. The van der Waals surface area contributed by atoms with E-state index < -0.39 is 5.97 Å². The Labute approximate surface area is 123 Å². The zero-order chi connectivity index (χ0) is 15.2. The molecule has 1 atom stereocenters. The molecule has 6 heteroatoms. The number of carboxylic acids is 1. The van der Waals surface area contributed by atoms with Crippen molar-refractivity contribution < 1.29 is 19.4 Å². The number of nitrogens with one attached hydrogen (secondary N) is 1. The number of rotatable bonds is 4. The molecule has 1 heterocycles. The summed E-state index contributed by atoms with van der Waals surface area (Å²) in [4.78, 5) is 24.4. The summed E-state index contributed by atoms with van der Waals surface area (Å²) < 4.78 is 5.37. The van der Waals surface area contributed by atoms with Gasteiger partial charge in [0.1, 0.15) is 6.04 Å². The fourth-order valence-electron chi connectivity index (χ4n) is 2.24. The molecule has 0 radical (unpaired) electrons. The predicted octanol–water partition coefficient (Wildman–Crippen LogP) is 0.736. The van der Waals surface area contributed by atoms with E-state index in [0.717, 1.165) is 17.3 Å². The zero-order valence-corrected chi connectivity index (χ0v) is 11.8. The van der Waals surface area contributed by atoms with Crippen molar-refractivity contribution in [1.29, 1.82) is 0 Å². The number of hydrogen-bond acceptors (Lipinski definition) is 4. The van der Waals surface area contributed by atoms with Crippen LogP contribution in [0.2, 0.25) is 0 Å². The molecule has 21 heavy (non-hydrogen) atoms. The fourth-order valence-corrected chi connectivity index (χ4v) is 2.24. The number of amides is 1. The number of morpholine rings is 1. The van der Waals surface area contributed by atoms with Crippen LogP contribution in [0.15, 0.2) is 30.3 Å². The van der Waals surface area contributed by atoms with Gasteiger partial charge in [-0.2, -0.15) is 0 Å². The number of ether oxygens (including phenoxy) is 1. The van der Waals surface area contributed by atoms with E-state index in [4.69, 9.17) is 9.84 Å². The Morgan fingerprint density at radius 3 is 2.71 bits per heavy atom. The molecule has 1 aromatic carbocycles. The Morgan fingerprint density at radius 2 is 2.10 bits per heavy atom. The highest BCUT2D eigenvalue weighted by Crippen LogP contribution is 2.21. The molecule has 1 aromatic rings. The van der Waals surface area contributed by atoms with E-state index in [9.17, 15) is 9.59 Å². The molecule has 1 aliphatic rings. The van der Waals surface area contributed by atoms with Crippen LogP contribution in [-0.4, -0.2) is 49.8 Å². The van der Waals surface area contributed by atoms with Crippen LogP contribution in [0.3, 0.4) is 0 Å². The number of aliphatic carboxylic acids is 1. The number of carbonyl (C=O) groups excluding carboxylic acids is 1. The number of benzene rings is 1. The first kappa shape index (κ1) is 15.1. The molecular weight excluding hydrogens is 272 g/mol. The number of carboxylic acid groups (broad SMARTS) is 1. The molecule has 112 valence electrons. The van der Waals surface area contributed by atoms with E-state index in [1.54, 1.807) is 7.05 Å². The average molecular weight is 290 g/mol. The van der Waals surface area contributed by atoms with Crippen molar-refractivity contribution in [3.05, 3.63) is 35.9 Å². The van der Waals surface area contributed by atoms with Crippen LogP contribution in [0.5, 0.6) is 0 Å². The summed E-state index contributed by atoms with van der Waals surface area (Å²) in [5.41, 5.74) is 1.71. The SMILES string of the molecule is CNC(=O)C1COCCN1c1ccc(/C=C/C(=O)O)cc1. The zero-order valence-electron chi connectivity index (χ0n) is 11.8. The van der Waals surface area contributed by atoms with Crippen LogP contribution in [0.1, 0.15) is 5.56 Å². The summed E-state index contributed by atoms with van der Waals surface area (Å²) in [6.45, 7) is 1.58.